The Bertz CT molecular complexity index is 802. The Morgan fingerprint density at radius 1 is 1.28 bits per heavy atom. The van der Waals surface area contributed by atoms with Gasteiger partial charge in [-0.2, -0.15) is 0 Å². The van der Waals surface area contributed by atoms with Crippen LogP contribution >= 0.6 is 22.9 Å². The van der Waals surface area contributed by atoms with Gasteiger partial charge in [-0.25, -0.2) is 0 Å². The number of carbonyl (C=O) groups excluding carboxylic acids is 1. The number of para-hydroxylation sites is 2. The van der Waals surface area contributed by atoms with E-state index in [2.05, 4.69) is 4.90 Å². The fraction of sp³-hybridized carbons (Fsp3) is 0.312. The van der Waals surface area contributed by atoms with Crippen LogP contribution in [0.1, 0.15) is 9.67 Å². The highest BCUT2D eigenvalue weighted by Crippen LogP contribution is 2.35. The number of ether oxygens (including phenoxy) is 1. The Morgan fingerprint density at radius 3 is 2.56 bits per heavy atom. The highest BCUT2D eigenvalue weighted by molar-refractivity contribution is 7.18. The number of carbonyl (C=O) groups is 1. The lowest BCUT2D eigenvalue weighted by Gasteiger charge is -2.36. The van der Waals surface area contributed by atoms with Gasteiger partial charge >= 0.3 is 0 Å². The molecule has 0 aliphatic carbocycles. The number of amides is 1. The van der Waals surface area contributed by atoms with Gasteiger partial charge in [-0.3, -0.25) is 14.9 Å². The molecule has 1 fully saturated rings. The smallest absolute Gasteiger partial charge is 0.299 e. The summed E-state index contributed by atoms with van der Waals surface area (Å²) in [5.41, 5.74) is 0.773. The van der Waals surface area contributed by atoms with Gasteiger partial charge in [-0.05, 0) is 12.1 Å². The van der Waals surface area contributed by atoms with Crippen molar-refractivity contribution in [1.29, 1.82) is 0 Å². The first kappa shape index (κ1) is 17.5. The number of piperazine rings is 1. The molecule has 132 valence electrons. The van der Waals surface area contributed by atoms with Gasteiger partial charge in [0, 0.05) is 32.2 Å². The lowest BCUT2D eigenvalue weighted by molar-refractivity contribution is -0.384. The molecule has 1 aliphatic rings. The summed E-state index contributed by atoms with van der Waals surface area (Å²) >= 11 is 6.79. The maximum absolute atomic E-state index is 12.6. The van der Waals surface area contributed by atoms with Crippen LogP contribution < -0.4 is 9.64 Å². The number of halogens is 1. The predicted octanol–water partition coefficient (Wildman–Crippen LogP) is 3.28. The lowest BCUT2D eigenvalue weighted by atomic mass is 10.2. The molecule has 2 aromatic rings. The Kier molecular flexibility index (Phi) is 5.10. The van der Waals surface area contributed by atoms with Gasteiger partial charge in [0.15, 0.2) is 4.34 Å². The number of thiophene rings is 1. The Hall–Kier alpha value is -2.32. The van der Waals surface area contributed by atoms with E-state index >= 15 is 0 Å². The van der Waals surface area contributed by atoms with Crippen molar-refractivity contribution in [3.05, 3.63) is 49.7 Å². The fourth-order valence-electron chi connectivity index (χ4n) is 2.79. The molecule has 1 aromatic carbocycles. The number of nitrogens with zero attached hydrogens (tertiary/aromatic N) is 3. The van der Waals surface area contributed by atoms with E-state index < -0.39 is 4.92 Å². The molecular weight excluding hydrogens is 366 g/mol. The summed E-state index contributed by atoms with van der Waals surface area (Å²) in [5, 5.41) is 10.9. The van der Waals surface area contributed by atoms with Crippen LogP contribution in [0.2, 0.25) is 4.34 Å². The summed E-state index contributed by atoms with van der Waals surface area (Å²) in [6, 6.07) is 9.00. The largest absolute Gasteiger partial charge is 0.495 e. The molecular formula is C16H16ClN3O4S. The molecule has 1 amide bonds. The maximum Gasteiger partial charge on any atom is 0.299 e. The summed E-state index contributed by atoms with van der Waals surface area (Å²) in [5.74, 6) is 0.572. The molecule has 0 N–H and O–H groups in total. The molecule has 0 atom stereocenters. The molecule has 1 saturated heterocycles. The zero-order valence-electron chi connectivity index (χ0n) is 13.5. The van der Waals surface area contributed by atoms with Crippen molar-refractivity contribution in [2.75, 3.05) is 38.2 Å². The van der Waals surface area contributed by atoms with Gasteiger partial charge in [-0.1, -0.05) is 23.7 Å². The number of methoxy groups -OCH3 is 1. The third-order valence-electron chi connectivity index (χ3n) is 4.07. The van der Waals surface area contributed by atoms with Crippen molar-refractivity contribution in [2.45, 2.75) is 0 Å². The van der Waals surface area contributed by atoms with E-state index in [1.165, 1.54) is 6.07 Å². The van der Waals surface area contributed by atoms with E-state index in [0.717, 1.165) is 22.8 Å². The van der Waals surface area contributed by atoms with Crippen LogP contribution in [0.5, 0.6) is 5.75 Å². The number of anilines is 1. The monoisotopic (exact) mass is 381 g/mol. The average molecular weight is 382 g/mol. The second-order valence-electron chi connectivity index (χ2n) is 5.48. The van der Waals surface area contributed by atoms with E-state index in [4.69, 9.17) is 16.3 Å². The van der Waals surface area contributed by atoms with Gasteiger partial charge in [0.2, 0.25) is 0 Å². The predicted molar refractivity (Wildman–Crippen MR) is 97.1 cm³/mol. The van der Waals surface area contributed by atoms with Gasteiger partial charge in [0.05, 0.1) is 17.7 Å². The minimum Gasteiger partial charge on any atom is -0.495 e. The van der Waals surface area contributed by atoms with Crippen LogP contribution in [-0.4, -0.2) is 49.0 Å². The molecule has 0 bridgehead atoms. The number of benzene rings is 1. The van der Waals surface area contributed by atoms with Crippen molar-refractivity contribution < 1.29 is 14.5 Å². The number of hydrogen-bond acceptors (Lipinski definition) is 6. The molecule has 0 saturated carbocycles. The van der Waals surface area contributed by atoms with Crippen molar-refractivity contribution in [3.8, 4) is 5.75 Å². The standard InChI is InChI=1S/C16H16ClN3O4S/c1-24-13-5-3-2-4-11(13)18-6-8-19(9-7-18)16(21)14-10-12(20(22)23)15(17)25-14/h2-5,10H,6-9H2,1H3. The van der Waals surface area contributed by atoms with E-state index in [1.807, 2.05) is 24.3 Å². The van der Waals surface area contributed by atoms with Gasteiger partial charge in [-0.15, -0.1) is 11.3 Å². The van der Waals surface area contributed by atoms with E-state index in [0.29, 0.717) is 31.1 Å². The summed E-state index contributed by atoms with van der Waals surface area (Å²) < 4.78 is 5.41. The van der Waals surface area contributed by atoms with Crippen LogP contribution in [0.25, 0.3) is 0 Å². The first-order valence-corrected chi connectivity index (χ1v) is 8.81. The van der Waals surface area contributed by atoms with Crippen LogP contribution in [-0.2, 0) is 0 Å². The second-order valence-corrected chi connectivity index (χ2v) is 7.13. The maximum atomic E-state index is 12.6. The van der Waals surface area contributed by atoms with Crippen LogP contribution in [0.4, 0.5) is 11.4 Å². The molecule has 2 heterocycles. The molecule has 3 rings (SSSR count). The van der Waals surface area contributed by atoms with Crippen molar-refractivity contribution >= 4 is 40.2 Å². The Balaban J connectivity index is 1.69. The van der Waals surface area contributed by atoms with Crippen molar-refractivity contribution in [1.82, 2.24) is 4.90 Å². The van der Waals surface area contributed by atoms with E-state index in [9.17, 15) is 14.9 Å². The quantitative estimate of drug-likeness (QED) is 0.600. The molecule has 1 aromatic heterocycles. The fourth-order valence-corrected chi connectivity index (χ4v) is 3.98. The van der Waals surface area contributed by atoms with Crippen LogP contribution in [0.3, 0.4) is 0 Å². The highest BCUT2D eigenvalue weighted by Gasteiger charge is 2.27. The third kappa shape index (κ3) is 3.54. The normalized spacial score (nSPS) is 14.5. The molecule has 7 nitrogen and oxygen atoms in total. The first-order valence-electron chi connectivity index (χ1n) is 7.62. The van der Waals surface area contributed by atoms with E-state index in [-0.39, 0.29) is 15.9 Å². The number of nitro groups is 1. The number of rotatable bonds is 4. The molecule has 9 heteroatoms. The zero-order valence-corrected chi connectivity index (χ0v) is 15.0. The van der Waals surface area contributed by atoms with Crippen molar-refractivity contribution in [3.63, 3.8) is 0 Å². The minimum atomic E-state index is -0.574. The topological polar surface area (TPSA) is 75.9 Å². The third-order valence-corrected chi connectivity index (χ3v) is 5.39. The van der Waals surface area contributed by atoms with Crippen molar-refractivity contribution in [2.24, 2.45) is 0 Å². The number of hydrogen-bond donors (Lipinski definition) is 0. The van der Waals surface area contributed by atoms with Gasteiger partial charge < -0.3 is 14.5 Å². The van der Waals surface area contributed by atoms with Gasteiger partial charge in [0.1, 0.15) is 10.6 Å². The summed E-state index contributed by atoms with van der Waals surface area (Å²) in [7, 11) is 1.63. The average Bonchev–Trinajstić information content (AvgIpc) is 3.03. The minimum absolute atomic E-state index is 0.0287. The van der Waals surface area contributed by atoms with Crippen LogP contribution in [0.15, 0.2) is 30.3 Å². The Labute approximate surface area is 153 Å². The molecule has 0 radical (unpaired) electrons. The second kappa shape index (κ2) is 7.28. The first-order chi connectivity index (χ1) is 12.0. The lowest BCUT2D eigenvalue weighted by Crippen LogP contribution is -2.48. The van der Waals surface area contributed by atoms with Crippen LogP contribution in [0, 0.1) is 10.1 Å². The molecule has 0 spiro atoms. The summed E-state index contributed by atoms with van der Waals surface area (Å²) in [6.07, 6.45) is 0. The molecule has 0 unspecified atom stereocenters. The summed E-state index contributed by atoms with van der Waals surface area (Å²) in [6.45, 7) is 2.38. The van der Waals surface area contributed by atoms with Gasteiger partial charge in [0.25, 0.3) is 11.6 Å². The SMILES string of the molecule is COc1ccccc1N1CCN(C(=O)c2cc([N+](=O)[O-])c(Cl)s2)CC1. The highest BCUT2D eigenvalue weighted by atomic mass is 35.5. The molecule has 1 aliphatic heterocycles. The summed E-state index contributed by atoms with van der Waals surface area (Å²) in [4.78, 5) is 27.0. The Morgan fingerprint density at radius 2 is 1.96 bits per heavy atom. The van der Waals surface area contributed by atoms with E-state index in [1.54, 1.807) is 12.0 Å². The molecule has 25 heavy (non-hydrogen) atoms. The zero-order chi connectivity index (χ0) is 18.0.